The number of nitrogens with zero attached hydrogens (tertiary/aromatic N) is 2. The molecule has 0 bridgehead atoms. The van der Waals surface area contributed by atoms with Crippen LogP contribution >= 0.6 is 0 Å². The summed E-state index contributed by atoms with van der Waals surface area (Å²) in [6.45, 7) is 3.27. The molecule has 1 aliphatic heterocycles. The molecule has 4 heteroatoms. The van der Waals surface area contributed by atoms with E-state index in [1.54, 1.807) is 0 Å². The van der Waals surface area contributed by atoms with Crippen LogP contribution in [0.5, 0.6) is 0 Å². The van der Waals surface area contributed by atoms with Crippen LogP contribution in [0.2, 0.25) is 0 Å². The molecular formula is C18H24N2O2. The molecule has 22 heavy (non-hydrogen) atoms. The van der Waals surface area contributed by atoms with E-state index in [4.69, 9.17) is 4.74 Å². The molecule has 1 aromatic carbocycles. The predicted molar refractivity (Wildman–Crippen MR) is 86.4 cm³/mol. The quantitative estimate of drug-likeness (QED) is 0.921. The normalized spacial score (nSPS) is 20.9. The number of aryl methyl sites for hydroxylation is 1. The number of rotatable bonds is 5. The van der Waals surface area contributed by atoms with E-state index in [9.17, 15) is 5.11 Å². The number of morpholine rings is 1. The minimum atomic E-state index is -0.441. The molecule has 1 N–H and O–H groups in total. The molecule has 1 aliphatic rings. The summed E-state index contributed by atoms with van der Waals surface area (Å²) in [6.07, 6.45) is 2.33. The Morgan fingerprint density at radius 1 is 1.23 bits per heavy atom. The van der Waals surface area contributed by atoms with E-state index in [0.29, 0.717) is 13.0 Å². The molecule has 2 aromatic rings. The lowest BCUT2D eigenvalue weighted by atomic mass is 10.0. The van der Waals surface area contributed by atoms with Crippen LogP contribution in [0.3, 0.4) is 0 Å². The highest BCUT2D eigenvalue weighted by Crippen LogP contribution is 2.23. The van der Waals surface area contributed by atoms with E-state index in [0.717, 1.165) is 25.3 Å². The maximum Gasteiger partial charge on any atom is 0.0805 e. The van der Waals surface area contributed by atoms with Crippen molar-refractivity contribution < 1.29 is 9.84 Å². The molecule has 3 rings (SSSR count). The van der Waals surface area contributed by atoms with Crippen molar-refractivity contribution in [3.63, 3.8) is 0 Å². The number of benzene rings is 1. The first-order valence-corrected chi connectivity index (χ1v) is 7.89. The topological polar surface area (TPSA) is 37.6 Å². The Bertz CT molecular complexity index is 582. The molecule has 2 heterocycles. The molecule has 4 nitrogen and oxygen atoms in total. The number of aromatic nitrogens is 1. The fourth-order valence-corrected chi connectivity index (χ4v) is 3.05. The number of aliphatic hydroxyl groups excluding tert-OH is 1. The van der Waals surface area contributed by atoms with Crippen LogP contribution in [0.25, 0.3) is 0 Å². The SMILES string of the molecule is Cn1cccc1CN1CCOCC1CC(O)c1ccccc1. The second-order valence-corrected chi connectivity index (χ2v) is 5.97. The number of hydrogen-bond donors (Lipinski definition) is 1. The van der Waals surface area contributed by atoms with Crippen molar-refractivity contribution in [3.8, 4) is 0 Å². The summed E-state index contributed by atoms with van der Waals surface area (Å²) in [5.74, 6) is 0. The van der Waals surface area contributed by atoms with Crippen LogP contribution < -0.4 is 0 Å². The standard InChI is InChI=1S/C18H24N2O2/c1-19-9-5-8-16(19)13-20-10-11-22-14-17(20)12-18(21)15-6-3-2-4-7-15/h2-9,17-18,21H,10-14H2,1H3. The minimum Gasteiger partial charge on any atom is -0.388 e. The molecule has 1 fully saturated rings. The predicted octanol–water partition coefficient (Wildman–Crippen LogP) is 2.35. The fourth-order valence-electron chi connectivity index (χ4n) is 3.05. The van der Waals surface area contributed by atoms with Crippen LogP contribution in [-0.4, -0.2) is 40.4 Å². The molecule has 2 atom stereocenters. The summed E-state index contributed by atoms with van der Waals surface area (Å²) in [4.78, 5) is 2.42. The second kappa shape index (κ2) is 7.09. The molecule has 0 radical (unpaired) electrons. The zero-order valence-electron chi connectivity index (χ0n) is 13.1. The molecule has 0 saturated carbocycles. The Hall–Kier alpha value is -1.62. The van der Waals surface area contributed by atoms with Crippen LogP contribution in [-0.2, 0) is 18.3 Å². The summed E-state index contributed by atoms with van der Waals surface area (Å²) >= 11 is 0. The Morgan fingerprint density at radius 3 is 2.77 bits per heavy atom. The van der Waals surface area contributed by atoms with Crippen LogP contribution in [0.1, 0.15) is 23.8 Å². The Labute approximate surface area is 131 Å². The van der Waals surface area contributed by atoms with Gasteiger partial charge in [0.2, 0.25) is 0 Å². The van der Waals surface area contributed by atoms with E-state index >= 15 is 0 Å². The number of ether oxygens (including phenoxy) is 1. The molecule has 2 unspecified atom stereocenters. The van der Waals surface area contributed by atoms with Gasteiger partial charge in [-0.15, -0.1) is 0 Å². The van der Waals surface area contributed by atoms with E-state index in [1.807, 2.05) is 30.3 Å². The van der Waals surface area contributed by atoms with Gasteiger partial charge in [0.25, 0.3) is 0 Å². The highest BCUT2D eigenvalue weighted by atomic mass is 16.5. The van der Waals surface area contributed by atoms with Crippen LogP contribution in [0.15, 0.2) is 48.7 Å². The lowest BCUT2D eigenvalue weighted by molar-refractivity contribution is -0.0307. The summed E-state index contributed by atoms with van der Waals surface area (Å²) < 4.78 is 7.79. The van der Waals surface area contributed by atoms with Gasteiger partial charge in [-0.05, 0) is 24.1 Å². The van der Waals surface area contributed by atoms with Gasteiger partial charge in [-0.25, -0.2) is 0 Å². The fraction of sp³-hybridized carbons (Fsp3) is 0.444. The highest BCUT2D eigenvalue weighted by Gasteiger charge is 2.26. The number of aliphatic hydroxyl groups is 1. The Morgan fingerprint density at radius 2 is 2.05 bits per heavy atom. The lowest BCUT2D eigenvalue weighted by Gasteiger charge is -2.36. The molecular weight excluding hydrogens is 276 g/mol. The Kier molecular flexibility index (Phi) is 4.93. The maximum absolute atomic E-state index is 10.5. The summed E-state index contributed by atoms with van der Waals surface area (Å²) in [5, 5.41) is 10.5. The van der Waals surface area contributed by atoms with Crippen molar-refractivity contribution in [1.82, 2.24) is 9.47 Å². The average Bonchev–Trinajstić information content (AvgIpc) is 2.95. The van der Waals surface area contributed by atoms with Crippen LogP contribution in [0, 0.1) is 0 Å². The molecule has 1 aromatic heterocycles. The van der Waals surface area contributed by atoms with Gasteiger partial charge >= 0.3 is 0 Å². The van der Waals surface area contributed by atoms with Gasteiger partial charge < -0.3 is 14.4 Å². The zero-order valence-corrected chi connectivity index (χ0v) is 13.1. The van der Waals surface area contributed by atoms with E-state index in [-0.39, 0.29) is 6.04 Å². The van der Waals surface area contributed by atoms with Gasteiger partial charge in [0.15, 0.2) is 0 Å². The van der Waals surface area contributed by atoms with Gasteiger partial charge in [-0.3, -0.25) is 4.90 Å². The van der Waals surface area contributed by atoms with Crippen molar-refractivity contribution in [3.05, 3.63) is 59.9 Å². The summed E-state index contributed by atoms with van der Waals surface area (Å²) in [7, 11) is 2.07. The average molecular weight is 300 g/mol. The van der Waals surface area contributed by atoms with Crippen molar-refractivity contribution in [2.45, 2.75) is 25.1 Å². The first-order chi connectivity index (χ1) is 10.7. The van der Waals surface area contributed by atoms with E-state index in [2.05, 4.69) is 34.8 Å². The second-order valence-electron chi connectivity index (χ2n) is 5.97. The van der Waals surface area contributed by atoms with Crippen molar-refractivity contribution in [2.24, 2.45) is 7.05 Å². The molecule has 0 amide bonds. The van der Waals surface area contributed by atoms with Crippen molar-refractivity contribution in [1.29, 1.82) is 0 Å². The third-order valence-electron chi connectivity index (χ3n) is 4.45. The lowest BCUT2D eigenvalue weighted by Crippen LogP contribution is -2.45. The zero-order chi connectivity index (χ0) is 15.4. The Balaban J connectivity index is 1.66. The van der Waals surface area contributed by atoms with Gasteiger partial charge in [0.1, 0.15) is 0 Å². The van der Waals surface area contributed by atoms with Gasteiger partial charge in [0.05, 0.1) is 19.3 Å². The van der Waals surface area contributed by atoms with Crippen molar-refractivity contribution >= 4 is 0 Å². The molecule has 118 valence electrons. The van der Waals surface area contributed by atoms with Crippen molar-refractivity contribution in [2.75, 3.05) is 19.8 Å². The summed E-state index contributed by atoms with van der Waals surface area (Å²) in [6, 6.07) is 14.4. The minimum absolute atomic E-state index is 0.249. The van der Waals surface area contributed by atoms with E-state index < -0.39 is 6.10 Å². The largest absolute Gasteiger partial charge is 0.388 e. The van der Waals surface area contributed by atoms with E-state index in [1.165, 1.54) is 5.69 Å². The highest BCUT2D eigenvalue weighted by molar-refractivity contribution is 5.17. The first-order valence-electron chi connectivity index (χ1n) is 7.89. The number of hydrogen-bond acceptors (Lipinski definition) is 3. The maximum atomic E-state index is 10.5. The van der Waals surface area contributed by atoms with Crippen LogP contribution in [0.4, 0.5) is 0 Å². The van der Waals surface area contributed by atoms with Gasteiger partial charge in [0, 0.05) is 38.1 Å². The third-order valence-corrected chi connectivity index (χ3v) is 4.45. The molecule has 0 spiro atoms. The molecule has 0 aliphatic carbocycles. The van der Waals surface area contributed by atoms with Gasteiger partial charge in [-0.2, -0.15) is 0 Å². The first kappa shape index (κ1) is 15.3. The smallest absolute Gasteiger partial charge is 0.0805 e. The van der Waals surface area contributed by atoms with Gasteiger partial charge in [-0.1, -0.05) is 30.3 Å². The third kappa shape index (κ3) is 3.58. The summed E-state index contributed by atoms with van der Waals surface area (Å²) in [5.41, 5.74) is 2.27. The monoisotopic (exact) mass is 300 g/mol. The molecule has 1 saturated heterocycles.